The fraction of sp³-hybridized carbons (Fsp3) is 0.556. The average Bonchev–Trinajstić information content (AvgIpc) is 3.33. The summed E-state index contributed by atoms with van der Waals surface area (Å²) < 4.78 is 22.0. The molecule has 1 aliphatic carbocycles. The van der Waals surface area contributed by atoms with E-state index in [0.29, 0.717) is 0 Å². The predicted molar refractivity (Wildman–Crippen MR) is 183 cm³/mol. The fourth-order valence-electron chi connectivity index (χ4n) is 5.06. The SMILES string of the molecule is CN(CCN(CCN(C)C(=O)OC(C)(C)C)C(=O)CCOCCNC(=O)OCC1c2ccccc2-c2ccccc21)C(=O)OC(C)(C)C. The lowest BCUT2D eigenvalue weighted by Crippen LogP contribution is -2.45. The Bertz CT molecular complexity index is 1320. The highest BCUT2D eigenvalue weighted by molar-refractivity contribution is 5.79. The van der Waals surface area contributed by atoms with Gasteiger partial charge in [-0.05, 0) is 63.8 Å². The molecule has 1 N–H and O–H groups in total. The summed E-state index contributed by atoms with van der Waals surface area (Å²) in [5.41, 5.74) is 3.31. The van der Waals surface area contributed by atoms with Gasteiger partial charge in [-0.2, -0.15) is 0 Å². The van der Waals surface area contributed by atoms with Crippen molar-refractivity contribution in [3.05, 3.63) is 59.7 Å². The molecule has 4 amide bonds. The van der Waals surface area contributed by atoms with Gasteiger partial charge in [-0.25, -0.2) is 14.4 Å². The van der Waals surface area contributed by atoms with Crippen molar-refractivity contribution in [2.45, 2.75) is 65.1 Å². The molecule has 2 aromatic carbocycles. The van der Waals surface area contributed by atoms with Gasteiger partial charge in [0.1, 0.15) is 17.8 Å². The molecule has 12 heteroatoms. The summed E-state index contributed by atoms with van der Waals surface area (Å²) in [6, 6.07) is 16.3. The van der Waals surface area contributed by atoms with Crippen LogP contribution in [0.2, 0.25) is 0 Å². The molecule has 3 rings (SSSR count). The van der Waals surface area contributed by atoms with Crippen LogP contribution in [0.3, 0.4) is 0 Å². The molecule has 0 unspecified atom stereocenters. The minimum Gasteiger partial charge on any atom is -0.449 e. The van der Waals surface area contributed by atoms with Gasteiger partial charge < -0.3 is 39.0 Å². The monoisotopic (exact) mass is 668 g/mol. The van der Waals surface area contributed by atoms with Crippen molar-refractivity contribution >= 4 is 24.2 Å². The molecule has 0 heterocycles. The van der Waals surface area contributed by atoms with E-state index in [2.05, 4.69) is 29.6 Å². The van der Waals surface area contributed by atoms with Crippen LogP contribution in [0.4, 0.5) is 14.4 Å². The van der Waals surface area contributed by atoms with Crippen molar-refractivity contribution < 1.29 is 38.1 Å². The Morgan fingerprint density at radius 3 is 1.67 bits per heavy atom. The van der Waals surface area contributed by atoms with Crippen molar-refractivity contribution in [2.75, 3.05) is 66.6 Å². The third-order valence-corrected chi connectivity index (χ3v) is 7.49. The number of ether oxygens (including phenoxy) is 4. The van der Waals surface area contributed by atoms with Gasteiger partial charge in [-0.3, -0.25) is 4.79 Å². The minimum absolute atomic E-state index is 0.0267. The Kier molecular flexibility index (Phi) is 13.7. The highest BCUT2D eigenvalue weighted by Crippen LogP contribution is 2.44. The first-order valence-electron chi connectivity index (χ1n) is 16.4. The normalized spacial score (nSPS) is 12.4. The Morgan fingerprint density at radius 1 is 0.708 bits per heavy atom. The second-order valence-corrected chi connectivity index (χ2v) is 13.8. The van der Waals surface area contributed by atoms with Crippen molar-refractivity contribution in [3.63, 3.8) is 0 Å². The van der Waals surface area contributed by atoms with Gasteiger partial charge in [0, 0.05) is 52.7 Å². The van der Waals surface area contributed by atoms with Crippen LogP contribution in [0.15, 0.2) is 48.5 Å². The van der Waals surface area contributed by atoms with E-state index >= 15 is 0 Å². The minimum atomic E-state index is -0.645. The van der Waals surface area contributed by atoms with E-state index in [1.807, 2.05) is 24.3 Å². The number of fused-ring (bicyclic) bond motifs is 3. The molecular weight excluding hydrogens is 616 g/mol. The zero-order chi connectivity index (χ0) is 35.5. The zero-order valence-electron chi connectivity index (χ0n) is 29.7. The van der Waals surface area contributed by atoms with Crippen LogP contribution in [0.25, 0.3) is 11.1 Å². The van der Waals surface area contributed by atoms with E-state index < -0.39 is 29.5 Å². The Morgan fingerprint density at radius 2 is 1.19 bits per heavy atom. The standard InChI is InChI=1S/C36H52N4O8/c1-35(2,3)47-33(43)38(7)19-21-40(22-20-39(8)34(44)48-36(4,5)6)31(41)17-23-45-24-18-37-32(42)46-25-30-28-15-11-9-13-26(28)27-14-10-12-16-29(27)30/h9-16,30H,17-25H2,1-8H3,(H,37,42). The van der Waals surface area contributed by atoms with Gasteiger partial charge in [0.2, 0.25) is 5.91 Å². The fourth-order valence-corrected chi connectivity index (χ4v) is 5.06. The molecule has 1 aliphatic rings. The van der Waals surface area contributed by atoms with Crippen LogP contribution in [0.1, 0.15) is 65.0 Å². The number of hydrogen-bond donors (Lipinski definition) is 1. The number of nitrogens with one attached hydrogen (secondary N) is 1. The van der Waals surface area contributed by atoms with Crippen molar-refractivity contribution in [1.82, 2.24) is 20.0 Å². The van der Waals surface area contributed by atoms with Gasteiger partial charge in [0.05, 0.1) is 19.6 Å². The van der Waals surface area contributed by atoms with Crippen LogP contribution in [-0.4, -0.2) is 117 Å². The highest BCUT2D eigenvalue weighted by Gasteiger charge is 2.29. The quantitative estimate of drug-likeness (QED) is 0.207. The van der Waals surface area contributed by atoms with Gasteiger partial charge in [0.15, 0.2) is 0 Å². The second-order valence-electron chi connectivity index (χ2n) is 13.8. The number of likely N-dealkylation sites (N-methyl/N-ethyl adjacent to an activating group) is 2. The molecule has 0 saturated heterocycles. The number of nitrogens with zero attached hydrogens (tertiary/aromatic N) is 3. The lowest BCUT2D eigenvalue weighted by atomic mass is 9.98. The molecule has 0 bridgehead atoms. The van der Waals surface area contributed by atoms with E-state index in [0.717, 1.165) is 22.3 Å². The lowest BCUT2D eigenvalue weighted by molar-refractivity contribution is -0.132. The van der Waals surface area contributed by atoms with Crippen LogP contribution in [0, 0.1) is 0 Å². The highest BCUT2D eigenvalue weighted by atomic mass is 16.6. The molecule has 0 saturated carbocycles. The number of benzene rings is 2. The lowest BCUT2D eigenvalue weighted by Gasteiger charge is -2.30. The molecule has 0 radical (unpaired) electrons. The first kappa shape index (κ1) is 38.1. The predicted octanol–water partition coefficient (Wildman–Crippen LogP) is 5.49. The van der Waals surface area contributed by atoms with Gasteiger partial charge >= 0.3 is 18.3 Å². The molecule has 0 fully saturated rings. The smallest absolute Gasteiger partial charge is 0.410 e. The summed E-state index contributed by atoms with van der Waals surface area (Å²) in [7, 11) is 3.21. The molecule has 0 aromatic heterocycles. The van der Waals surface area contributed by atoms with E-state index in [4.69, 9.17) is 18.9 Å². The van der Waals surface area contributed by atoms with Crippen LogP contribution in [-0.2, 0) is 23.7 Å². The first-order chi connectivity index (χ1) is 22.6. The molecule has 0 spiro atoms. The average molecular weight is 669 g/mol. The van der Waals surface area contributed by atoms with E-state index in [1.54, 1.807) is 60.5 Å². The van der Waals surface area contributed by atoms with Crippen molar-refractivity contribution in [3.8, 4) is 11.1 Å². The maximum absolute atomic E-state index is 13.2. The summed E-state index contributed by atoms with van der Waals surface area (Å²) in [5, 5.41) is 2.70. The molecule has 12 nitrogen and oxygen atoms in total. The molecule has 48 heavy (non-hydrogen) atoms. The van der Waals surface area contributed by atoms with Gasteiger partial charge in [-0.15, -0.1) is 0 Å². The Labute approximate surface area is 284 Å². The number of hydrogen-bond acceptors (Lipinski definition) is 8. The summed E-state index contributed by atoms with van der Waals surface area (Å²) in [6.45, 7) is 12.4. The Hall–Kier alpha value is -4.32. The molecule has 264 valence electrons. The second kappa shape index (κ2) is 17.2. The third kappa shape index (κ3) is 12.0. The number of alkyl carbamates (subject to hydrolysis) is 1. The third-order valence-electron chi connectivity index (χ3n) is 7.49. The summed E-state index contributed by atoms with van der Waals surface area (Å²) in [4.78, 5) is 54.9. The summed E-state index contributed by atoms with van der Waals surface area (Å²) in [6.07, 6.45) is -1.44. The van der Waals surface area contributed by atoms with Crippen LogP contribution >= 0.6 is 0 Å². The maximum atomic E-state index is 13.2. The number of rotatable bonds is 14. The number of carbonyl (C=O) groups is 4. The molecule has 0 aliphatic heterocycles. The van der Waals surface area contributed by atoms with Crippen molar-refractivity contribution in [1.29, 1.82) is 0 Å². The van der Waals surface area contributed by atoms with E-state index in [-0.39, 0.29) is 70.8 Å². The first-order valence-corrected chi connectivity index (χ1v) is 16.4. The molecular formula is C36H52N4O8. The van der Waals surface area contributed by atoms with E-state index in [1.165, 1.54) is 9.80 Å². The van der Waals surface area contributed by atoms with Crippen LogP contribution in [0.5, 0.6) is 0 Å². The number of amides is 4. The molecule has 0 atom stereocenters. The zero-order valence-corrected chi connectivity index (χ0v) is 29.7. The van der Waals surface area contributed by atoms with Crippen molar-refractivity contribution in [2.24, 2.45) is 0 Å². The topological polar surface area (TPSA) is 127 Å². The largest absolute Gasteiger partial charge is 0.449 e. The number of carbonyl (C=O) groups excluding carboxylic acids is 4. The maximum Gasteiger partial charge on any atom is 0.410 e. The van der Waals surface area contributed by atoms with Gasteiger partial charge in [0.25, 0.3) is 0 Å². The summed E-state index contributed by atoms with van der Waals surface area (Å²) >= 11 is 0. The summed E-state index contributed by atoms with van der Waals surface area (Å²) in [5.74, 6) is -0.226. The van der Waals surface area contributed by atoms with Gasteiger partial charge in [-0.1, -0.05) is 48.5 Å². The van der Waals surface area contributed by atoms with E-state index in [9.17, 15) is 19.2 Å². The Balaban J connectivity index is 1.42. The molecule has 2 aromatic rings. The van der Waals surface area contributed by atoms with Crippen LogP contribution < -0.4 is 5.32 Å².